The summed E-state index contributed by atoms with van der Waals surface area (Å²) in [4.78, 5) is 47.5. The third-order valence-corrected chi connectivity index (χ3v) is 8.51. The Morgan fingerprint density at radius 3 is 2.30 bits per heavy atom. The molecule has 0 spiro atoms. The molecule has 0 radical (unpaired) electrons. The number of carboxylic acids is 1. The van der Waals surface area contributed by atoms with Gasteiger partial charge in [-0.3, -0.25) is 14.5 Å². The maximum absolute atomic E-state index is 15.7. The number of carboxylic acid groups (broad SMARTS) is 1. The molecule has 2 aliphatic heterocycles. The minimum Gasteiger partial charge on any atom is -0.477 e. The number of pyridine rings is 2. The Bertz CT molecular complexity index is 1780. The number of nitrogens with two attached hydrogens (primary N) is 1. The number of carbonyl (C=O) groups is 2. The van der Waals surface area contributed by atoms with Crippen LogP contribution in [-0.4, -0.2) is 70.7 Å². The smallest absolute Gasteiger partial charge is 0.341 e. The Balaban J connectivity index is 1.38. The van der Waals surface area contributed by atoms with Crippen molar-refractivity contribution in [3.63, 3.8) is 0 Å². The van der Waals surface area contributed by atoms with Gasteiger partial charge in [-0.05, 0) is 61.8 Å². The molecule has 0 aliphatic carbocycles. The van der Waals surface area contributed by atoms with Crippen molar-refractivity contribution < 1.29 is 19.1 Å². The van der Waals surface area contributed by atoms with Gasteiger partial charge in [-0.15, -0.1) is 0 Å². The first kappa shape index (κ1) is 28.6. The molecule has 3 N–H and O–H groups in total. The Hall–Kier alpha value is -4.48. The zero-order valence-electron chi connectivity index (χ0n) is 23.3. The predicted molar refractivity (Wildman–Crippen MR) is 163 cm³/mol. The van der Waals surface area contributed by atoms with Crippen LogP contribution in [0.4, 0.5) is 15.9 Å². The maximum Gasteiger partial charge on any atom is 0.341 e. The van der Waals surface area contributed by atoms with Crippen LogP contribution in [0.25, 0.3) is 16.6 Å². The fraction of sp³-hybridized carbons (Fsp3) is 0.290. The van der Waals surface area contributed by atoms with Crippen molar-refractivity contribution in [3.8, 4) is 5.69 Å². The highest BCUT2D eigenvalue weighted by atomic mass is 35.5. The van der Waals surface area contributed by atoms with E-state index in [1.54, 1.807) is 27.8 Å². The molecule has 2 aromatic carbocycles. The van der Waals surface area contributed by atoms with Gasteiger partial charge in [0.25, 0.3) is 5.91 Å². The first-order valence-electron chi connectivity index (χ1n) is 14.1. The molecule has 6 rings (SSSR count). The highest BCUT2D eigenvalue weighted by Gasteiger charge is 2.28. The SMILES string of the molecule is NC(=O)c1cccnc1N1CCN(c2c(F)cc3c(=O)c(C(=O)O)cn(-c4ccc(CN5CCCC5)cc4)c3c2Cl)CC1. The second kappa shape index (κ2) is 11.7. The number of primary amides is 1. The number of amides is 1. The Morgan fingerprint density at radius 2 is 1.65 bits per heavy atom. The average Bonchev–Trinajstić information content (AvgIpc) is 3.51. The van der Waals surface area contributed by atoms with Crippen molar-refractivity contribution in [2.75, 3.05) is 49.1 Å². The second-order valence-corrected chi connectivity index (χ2v) is 11.2. The summed E-state index contributed by atoms with van der Waals surface area (Å²) in [5.74, 6) is -2.26. The number of carbonyl (C=O) groups excluding carboxylic acids is 1. The molecule has 10 nitrogen and oxygen atoms in total. The number of nitrogens with zero attached hydrogens (tertiary/aromatic N) is 5. The van der Waals surface area contributed by atoms with E-state index in [0.29, 0.717) is 43.2 Å². The molecular weight excluding hydrogens is 575 g/mol. The summed E-state index contributed by atoms with van der Waals surface area (Å²) in [5.41, 5.74) is 6.59. The van der Waals surface area contributed by atoms with Gasteiger partial charge in [0.15, 0.2) is 0 Å². The summed E-state index contributed by atoms with van der Waals surface area (Å²) in [5, 5.41) is 9.67. The van der Waals surface area contributed by atoms with Gasteiger partial charge in [-0.2, -0.15) is 0 Å². The van der Waals surface area contributed by atoms with Crippen LogP contribution >= 0.6 is 11.6 Å². The quantitative estimate of drug-likeness (QED) is 0.325. The van der Waals surface area contributed by atoms with Crippen LogP contribution in [0.5, 0.6) is 0 Å². The van der Waals surface area contributed by atoms with Gasteiger partial charge in [-0.25, -0.2) is 14.2 Å². The number of aromatic carboxylic acids is 1. The van der Waals surface area contributed by atoms with E-state index in [2.05, 4.69) is 9.88 Å². The van der Waals surface area contributed by atoms with E-state index in [0.717, 1.165) is 31.3 Å². The molecule has 0 saturated carbocycles. The van der Waals surface area contributed by atoms with Crippen molar-refractivity contribution in [3.05, 3.63) is 92.6 Å². The third-order valence-electron chi connectivity index (χ3n) is 8.15. The third kappa shape index (κ3) is 5.41. The molecule has 2 aliphatic rings. The van der Waals surface area contributed by atoms with E-state index in [-0.39, 0.29) is 21.6 Å². The molecule has 2 aromatic heterocycles. The monoisotopic (exact) mass is 604 g/mol. The lowest BCUT2D eigenvalue weighted by Crippen LogP contribution is -2.47. The Morgan fingerprint density at radius 1 is 0.977 bits per heavy atom. The van der Waals surface area contributed by atoms with Gasteiger partial charge in [0, 0.05) is 50.8 Å². The van der Waals surface area contributed by atoms with Gasteiger partial charge >= 0.3 is 5.97 Å². The number of fused-ring (bicyclic) bond motifs is 1. The molecule has 0 atom stereocenters. The lowest BCUT2D eigenvalue weighted by Gasteiger charge is -2.37. The number of likely N-dealkylation sites (tertiary alicyclic amines) is 1. The molecule has 4 aromatic rings. The number of piperazine rings is 1. The Labute approximate surface area is 251 Å². The van der Waals surface area contributed by atoms with Crippen molar-refractivity contribution in [2.24, 2.45) is 5.73 Å². The zero-order valence-corrected chi connectivity index (χ0v) is 24.1. The maximum atomic E-state index is 15.7. The van der Waals surface area contributed by atoms with Crippen molar-refractivity contribution >= 4 is 45.9 Å². The van der Waals surface area contributed by atoms with Crippen molar-refractivity contribution in [2.45, 2.75) is 19.4 Å². The summed E-state index contributed by atoms with van der Waals surface area (Å²) >= 11 is 6.92. The molecule has 2 saturated heterocycles. The number of hydrogen-bond donors (Lipinski definition) is 2. The van der Waals surface area contributed by atoms with Crippen LogP contribution in [-0.2, 0) is 6.54 Å². The van der Waals surface area contributed by atoms with E-state index >= 15 is 4.39 Å². The fourth-order valence-electron chi connectivity index (χ4n) is 5.99. The Kier molecular flexibility index (Phi) is 7.76. The van der Waals surface area contributed by atoms with Crippen LogP contribution in [0.15, 0.2) is 59.7 Å². The predicted octanol–water partition coefficient (Wildman–Crippen LogP) is 3.90. The van der Waals surface area contributed by atoms with Crippen molar-refractivity contribution in [1.29, 1.82) is 0 Å². The van der Waals surface area contributed by atoms with E-state index in [1.807, 2.05) is 29.2 Å². The van der Waals surface area contributed by atoms with Gasteiger partial charge in [0.2, 0.25) is 5.43 Å². The standard InChI is InChI=1S/C31H30ClFN6O4/c32-25-26-22(16-24(33)27(25)37-12-14-38(15-13-37)30-21(29(34)41)4-3-9-35-30)28(40)23(31(42)43)18-39(26)20-7-5-19(6-8-20)17-36-10-1-2-11-36/h3-9,16,18H,1-2,10-15,17H2,(H2,34,41)(H,42,43). The van der Waals surface area contributed by atoms with E-state index in [4.69, 9.17) is 17.3 Å². The van der Waals surface area contributed by atoms with Crippen LogP contribution in [0, 0.1) is 5.82 Å². The van der Waals surface area contributed by atoms with Crippen LogP contribution in [0.2, 0.25) is 5.02 Å². The summed E-state index contributed by atoms with van der Waals surface area (Å²) in [6, 6.07) is 12.0. The minimum absolute atomic E-state index is 0.00860. The zero-order chi connectivity index (χ0) is 30.2. The first-order valence-corrected chi connectivity index (χ1v) is 14.5. The molecule has 2 fully saturated rings. The normalized spacial score (nSPS) is 15.8. The number of hydrogen-bond acceptors (Lipinski definition) is 7. The molecule has 1 amide bonds. The lowest BCUT2D eigenvalue weighted by atomic mass is 10.1. The summed E-state index contributed by atoms with van der Waals surface area (Å²) in [6.07, 6.45) is 5.20. The van der Waals surface area contributed by atoms with Crippen molar-refractivity contribution in [1.82, 2.24) is 14.5 Å². The highest BCUT2D eigenvalue weighted by Crippen LogP contribution is 2.37. The minimum atomic E-state index is -1.41. The molecule has 222 valence electrons. The molecule has 4 heterocycles. The number of aromatic nitrogens is 2. The van der Waals surface area contributed by atoms with Gasteiger partial charge < -0.3 is 25.2 Å². The number of rotatable bonds is 7. The molecule has 0 bridgehead atoms. The van der Waals surface area contributed by atoms with Gasteiger partial charge in [0.1, 0.15) is 17.2 Å². The molecular formula is C31H30ClFN6O4. The largest absolute Gasteiger partial charge is 0.477 e. The van der Waals surface area contributed by atoms with E-state index < -0.39 is 28.7 Å². The van der Waals surface area contributed by atoms with Gasteiger partial charge in [0.05, 0.1) is 27.2 Å². The van der Waals surface area contributed by atoms with E-state index in [1.165, 1.54) is 19.0 Å². The lowest BCUT2D eigenvalue weighted by molar-refractivity contribution is 0.0694. The number of benzene rings is 2. The first-order chi connectivity index (χ1) is 20.7. The molecule has 43 heavy (non-hydrogen) atoms. The second-order valence-electron chi connectivity index (χ2n) is 10.8. The summed E-state index contributed by atoms with van der Waals surface area (Å²) < 4.78 is 17.3. The average molecular weight is 605 g/mol. The molecule has 12 heteroatoms. The number of anilines is 2. The van der Waals surface area contributed by atoms with Gasteiger partial charge in [-0.1, -0.05) is 23.7 Å². The fourth-order valence-corrected chi connectivity index (χ4v) is 6.40. The summed E-state index contributed by atoms with van der Waals surface area (Å²) in [7, 11) is 0. The van der Waals surface area contributed by atoms with E-state index in [9.17, 15) is 19.5 Å². The number of halogens is 2. The van der Waals surface area contributed by atoms with Crippen LogP contribution < -0.4 is 21.0 Å². The summed E-state index contributed by atoms with van der Waals surface area (Å²) in [6.45, 7) is 4.44. The molecule has 0 unspecified atom stereocenters. The topological polar surface area (TPSA) is 125 Å². The highest BCUT2D eigenvalue weighted by molar-refractivity contribution is 6.38. The van der Waals surface area contributed by atoms with Crippen LogP contribution in [0.1, 0.15) is 39.1 Å². The van der Waals surface area contributed by atoms with Crippen LogP contribution in [0.3, 0.4) is 0 Å².